The summed E-state index contributed by atoms with van der Waals surface area (Å²) in [6, 6.07) is 30.1. The number of azo groups is 2. The molecule has 0 radical (unpaired) electrons. The first-order valence-corrected chi connectivity index (χ1v) is 30.1. The van der Waals surface area contributed by atoms with Gasteiger partial charge in [-0.05, 0) is 131 Å². The summed E-state index contributed by atoms with van der Waals surface area (Å²) in [5.74, 6) is 0.299. The van der Waals surface area contributed by atoms with Crippen molar-refractivity contribution in [3.8, 4) is 0 Å². The Morgan fingerprint density at radius 3 is 1.56 bits per heavy atom. The van der Waals surface area contributed by atoms with Crippen LogP contribution in [0.1, 0.15) is 143 Å². The fraction of sp³-hybridized carbons (Fsp3) is 0.492. The number of carbonyl (C=O) groups is 2. The molecule has 0 bridgehead atoms. The van der Waals surface area contributed by atoms with Gasteiger partial charge in [-0.2, -0.15) is 9.42 Å². The van der Waals surface area contributed by atoms with Gasteiger partial charge < -0.3 is 19.3 Å². The van der Waals surface area contributed by atoms with Gasteiger partial charge in [0.1, 0.15) is 18.9 Å². The van der Waals surface area contributed by atoms with Crippen LogP contribution in [0.4, 0.5) is 34.1 Å². The number of sulfonamides is 1. The Labute approximate surface area is 457 Å². The van der Waals surface area contributed by atoms with E-state index in [0.29, 0.717) is 29.1 Å². The summed E-state index contributed by atoms with van der Waals surface area (Å²) in [4.78, 5) is 29.1. The molecule has 0 amide bonds. The fourth-order valence-corrected chi connectivity index (χ4v) is 14.0. The molecule has 1 atom stereocenters. The summed E-state index contributed by atoms with van der Waals surface area (Å²) in [5, 5.41) is 23.3. The second-order valence-electron chi connectivity index (χ2n) is 21.5. The molecular formula is C63H81N7O6S. The van der Waals surface area contributed by atoms with Gasteiger partial charge in [0.05, 0.1) is 27.6 Å². The molecule has 13 nitrogen and oxygen atoms in total. The van der Waals surface area contributed by atoms with Crippen LogP contribution in [0, 0.1) is 11.8 Å². The maximum Gasteiger partial charge on any atom is 0.330 e. The number of esters is 2. The largest absolute Gasteiger partial charge is 0.461 e. The number of benzene rings is 5. The third-order valence-corrected chi connectivity index (χ3v) is 18.4. The number of hydrogen-bond donors (Lipinski definition) is 0. The molecule has 1 heterocycles. The van der Waals surface area contributed by atoms with Crippen LogP contribution in [-0.4, -0.2) is 68.7 Å². The lowest BCUT2D eigenvalue weighted by molar-refractivity contribution is -0.137. The van der Waals surface area contributed by atoms with E-state index in [-0.39, 0.29) is 36.9 Å². The van der Waals surface area contributed by atoms with Crippen molar-refractivity contribution in [2.75, 3.05) is 36.1 Å². The molecule has 5 aromatic rings. The van der Waals surface area contributed by atoms with Gasteiger partial charge in [0, 0.05) is 70.2 Å². The van der Waals surface area contributed by atoms with Crippen LogP contribution < -0.4 is 9.80 Å². The summed E-state index contributed by atoms with van der Waals surface area (Å²) in [6.07, 6.45) is 25.0. The molecule has 8 rings (SSSR count). The van der Waals surface area contributed by atoms with Gasteiger partial charge in [-0.15, -0.1) is 15.3 Å². The lowest BCUT2D eigenvalue weighted by Crippen LogP contribution is -2.67. The Balaban J connectivity index is 1.07. The molecule has 410 valence electrons. The maximum absolute atomic E-state index is 13.7. The predicted octanol–water partition coefficient (Wildman–Crippen LogP) is 16.7. The lowest BCUT2D eigenvalue weighted by atomic mass is 9.78. The summed E-state index contributed by atoms with van der Waals surface area (Å²) >= 11 is 0. The Morgan fingerprint density at radius 2 is 1.06 bits per heavy atom. The van der Waals surface area contributed by atoms with E-state index in [1.165, 1.54) is 132 Å². The van der Waals surface area contributed by atoms with Crippen LogP contribution in [0.2, 0.25) is 0 Å². The highest BCUT2D eigenvalue weighted by Crippen LogP contribution is 2.54. The van der Waals surface area contributed by atoms with Crippen LogP contribution in [0.5, 0.6) is 0 Å². The van der Waals surface area contributed by atoms with E-state index in [2.05, 4.69) is 91.2 Å². The van der Waals surface area contributed by atoms with Crippen LogP contribution >= 0.6 is 0 Å². The Hall–Kier alpha value is -6.25. The molecular weight excluding hydrogens is 983 g/mol. The fourth-order valence-electron chi connectivity index (χ4n) is 12.6. The molecule has 14 heteroatoms. The number of ether oxygens (including phenoxy) is 2. The molecule has 3 aliphatic rings. The van der Waals surface area contributed by atoms with Gasteiger partial charge in [0.2, 0.25) is 10.0 Å². The summed E-state index contributed by atoms with van der Waals surface area (Å²) in [7, 11) is -4.10. The third kappa shape index (κ3) is 13.4. The average molecular weight is 1060 g/mol. The van der Waals surface area contributed by atoms with Gasteiger partial charge in [0.15, 0.2) is 0 Å². The average Bonchev–Trinajstić information content (AvgIpc) is 3.59. The second kappa shape index (κ2) is 26.9. The zero-order valence-electron chi connectivity index (χ0n) is 46.1. The highest BCUT2D eigenvalue weighted by atomic mass is 32.2. The molecule has 0 saturated heterocycles. The van der Waals surface area contributed by atoms with E-state index in [0.717, 1.165) is 63.0 Å². The Kier molecular flexibility index (Phi) is 19.9. The number of fused-ring (bicyclic) bond motifs is 1. The molecule has 0 N–H and O–H groups in total. The second-order valence-corrected chi connectivity index (χ2v) is 23.5. The first kappa shape index (κ1) is 56.9. The maximum atomic E-state index is 13.7. The SMILES string of the molecule is C=CC(=O)OCCN(CCOC(=O)C=C)S(=O)(=O)c1ccc(N=Nc2ccc(N=Nc3ccc4c5c(cccc35)N(C3CCC(CCCCC)CC3)C(C)(CCC)N4C3CCC(CCCCC)CC3)c3ccccc23)cc1. The van der Waals surface area contributed by atoms with Gasteiger partial charge in [-0.25, -0.2) is 18.0 Å². The van der Waals surface area contributed by atoms with E-state index in [1.807, 2.05) is 36.4 Å². The smallest absolute Gasteiger partial charge is 0.330 e. The van der Waals surface area contributed by atoms with Gasteiger partial charge in [-0.1, -0.05) is 128 Å². The van der Waals surface area contributed by atoms with Crippen molar-refractivity contribution >= 4 is 77.6 Å². The van der Waals surface area contributed by atoms with Crippen molar-refractivity contribution < 1.29 is 27.5 Å². The van der Waals surface area contributed by atoms with Crippen molar-refractivity contribution in [1.82, 2.24) is 4.31 Å². The number of rotatable bonds is 26. The number of nitrogens with zero attached hydrogens (tertiary/aromatic N) is 7. The van der Waals surface area contributed by atoms with Crippen molar-refractivity contribution in [1.29, 1.82) is 0 Å². The highest BCUT2D eigenvalue weighted by molar-refractivity contribution is 7.89. The molecule has 2 aliphatic carbocycles. The first-order valence-electron chi connectivity index (χ1n) is 28.6. The predicted molar refractivity (Wildman–Crippen MR) is 312 cm³/mol. The third-order valence-electron chi connectivity index (χ3n) is 16.4. The minimum Gasteiger partial charge on any atom is -0.461 e. The first-order chi connectivity index (χ1) is 37.4. The van der Waals surface area contributed by atoms with Gasteiger partial charge in [-0.3, -0.25) is 0 Å². The van der Waals surface area contributed by atoms with E-state index in [1.54, 1.807) is 12.1 Å². The molecule has 1 unspecified atom stereocenters. The Bertz CT molecular complexity index is 2930. The summed E-state index contributed by atoms with van der Waals surface area (Å²) in [6.45, 7) is 15.5. The van der Waals surface area contributed by atoms with E-state index >= 15 is 0 Å². The van der Waals surface area contributed by atoms with Crippen molar-refractivity contribution in [3.05, 3.63) is 116 Å². The van der Waals surface area contributed by atoms with E-state index in [9.17, 15) is 18.0 Å². The topological polar surface area (TPSA) is 146 Å². The van der Waals surface area contributed by atoms with E-state index < -0.39 is 22.0 Å². The number of carbonyl (C=O) groups excluding carboxylic acids is 2. The quantitative estimate of drug-likeness (QED) is 0.0230. The van der Waals surface area contributed by atoms with E-state index in [4.69, 9.17) is 19.7 Å². The zero-order chi connectivity index (χ0) is 54.4. The number of unbranched alkanes of at least 4 members (excludes halogenated alkanes) is 4. The standard InChI is InChI=1S/C63H81N7O6S/c1-7-12-14-19-46-25-31-49(32-26-46)69-58-24-18-23-54-57(39-40-59(62(54)58)70(63(69,6)41-9-3)50-33-27-47(28-34-50)20-15-13-8-2)67-66-56-38-37-55(52-21-16-17-22-53(52)56)65-64-48-29-35-51(36-30-48)77(73,74)68(42-44-75-60(71)10-4)43-45-76-61(72)11-5/h10-11,16-18,21-24,29-30,35-40,46-47,49-50H,4-5,7-9,12-15,19-20,25-28,31-34,41-45H2,1-3,6H3. The van der Waals surface area contributed by atoms with Crippen molar-refractivity contribution in [3.63, 3.8) is 0 Å². The highest BCUT2D eigenvalue weighted by Gasteiger charge is 2.49. The lowest BCUT2D eigenvalue weighted by Gasteiger charge is -2.61. The minimum atomic E-state index is -4.10. The van der Waals surface area contributed by atoms with Crippen molar-refractivity contribution in [2.24, 2.45) is 32.3 Å². The van der Waals surface area contributed by atoms with Gasteiger partial charge in [0.25, 0.3) is 0 Å². The van der Waals surface area contributed by atoms with Gasteiger partial charge >= 0.3 is 11.9 Å². The van der Waals surface area contributed by atoms with Crippen LogP contribution in [0.3, 0.4) is 0 Å². The molecule has 1 aliphatic heterocycles. The zero-order valence-corrected chi connectivity index (χ0v) is 46.9. The summed E-state index contributed by atoms with van der Waals surface area (Å²) < 4.78 is 38.7. The molecule has 0 spiro atoms. The number of hydrogen-bond acceptors (Lipinski definition) is 12. The number of anilines is 2. The summed E-state index contributed by atoms with van der Waals surface area (Å²) in [5.41, 5.74) is 5.14. The monoisotopic (exact) mass is 1060 g/mol. The molecule has 2 saturated carbocycles. The van der Waals surface area contributed by atoms with Crippen molar-refractivity contribution in [2.45, 2.75) is 166 Å². The molecule has 2 fully saturated rings. The Morgan fingerprint density at radius 1 is 0.597 bits per heavy atom. The minimum absolute atomic E-state index is 0.0204. The molecule has 5 aromatic carbocycles. The molecule has 0 aromatic heterocycles. The van der Waals surface area contributed by atoms with Crippen LogP contribution in [0.25, 0.3) is 21.5 Å². The normalized spacial score (nSPS) is 20.8. The molecule has 77 heavy (non-hydrogen) atoms. The van der Waals surface area contributed by atoms with Crippen LogP contribution in [0.15, 0.2) is 142 Å². The van der Waals surface area contributed by atoms with Crippen LogP contribution in [-0.2, 0) is 29.1 Å².